The maximum Gasteiger partial charge on any atom is 0.109 e. The third kappa shape index (κ3) is 3.78. The predicted octanol–water partition coefficient (Wildman–Crippen LogP) is 2.82. The zero-order valence-corrected chi connectivity index (χ0v) is 7.98. The van der Waals surface area contributed by atoms with Gasteiger partial charge in [-0.1, -0.05) is 19.8 Å². The first-order chi connectivity index (χ1) is 6.33. The molecule has 1 N–H and O–H groups in total. The van der Waals surface area contributed by atoms with Gasteiger partial charge >= 0.3 is 0 Å². The zero-order chi connectivity index (χ0) is 9.52. The van der Waals surface area contributed by atoms with Crippen LogP contribution in [-0.4, -0.2) is 14.7 Å². The van der Waals surface area contributed by atoms with Crippen molar-refractivity contribution in [1.82, 2.24) is 9.55 Å². The van der Waals surface area contributed by atoms with E-state index >= 15 is 0 Å². The molecule has 3 nitrogen and oxygen atoms in total. The van der Waals surface area contributed by atoms with E-state index in [1.165, 1.54) is 12.8 Å². The van der Waals surface area contributed by atoms with Crippen LogP contribution < -0.4 is 0 Å². The Bertz CT molecular complexity index is 252. The van der Waals surface area contributed by atoms with Crippen molar-refractivity contribution in [3.63, 3.8) is 0 Å². The van der Waals surface area contributed by atoms with E-state index in [0.717, 1.165) is 12.8 Å². The normalized spacial score (nSPS) is 11.9. The molecule has 0 aliphatic heterocycles. The van der Waals surface area contributed by atoms with Gasteiger partial charge in [0, 0.05) is 25.0 Å². The summed E-state index contributed by atoms with van der Waals surface area (Å²) >= 11 is 0. The first kappa shape index (κ1) is 9.84. The molecular weight excluding hydrogens is 164 g/mol. The summed E-state index contributed by atoms with van der Waals surface area (Å²) < 4.78 is 1.75. The van der Waals surface area contributed by atoms with Gasteiger partial charge in [0.1, 0.15) is 5.76 Å². The van der Waals surface area contributed by atoms with Crippen molar-refractivity contribution in [2.75, 3.05) is 0 Å². The van der Waals surface area contributed by atoms with Gasteiger partial charge in [-0.05, 0) is 6.42 Å². The van der Waals surface area contributed by atoms with Gasteiger partial charge in [0.15, 0.2) is 0 Å². The van der Waals surface area contributed by atoms with E-state index < -0.39 is 0 Å². The molecule has 0 atom stereocenters. The Labute approximate surface area is 78.7 Å². The van der Waals surface area contributed by atoms with Crippen molar-refractivity contribution in [2.45, 2.75) is 32.6 Å². The summed E-state index contributed by atoms with van der Waals surface area (Å²) in [4.78, 5) is 3.88. The van der Waals surface area contributed by atoms with Crippen molar-refractivity contribution in [3.05, 3.63) is 24.5 Å². The first-order valence-corrected chi connectivity index (χ1v) is 4.70. The fraction of sp³-hybridized carbons (Fsp3) is 0.500. The average molecular weight is 180 g/mol. The number of nitrogens with zero attached hydrogens (tertiary/aromatic N) is 2. The molecule has 3 heteroatoms. The highest BCUT2D eigenvalue weighted by molar-refractivity contribution is 5.25. The minimum Gasteiger partial charge on any atom is -0.511 e. The SMILES string of the molecule is CCCCCC(O)=Cn1ccnc1. The number of hydrogen-bond acceptors (Lipinski definition) is 2. The topological polar surface area (TPSA) is 38.0 Å². The van der Waals surface area contributed by atoms with Gasteiger partial charge in [0.05, 0.1) is 6.33 Å². The maximum atomic E-state index is 9.46. The second kappa shape index (κ2) is 5.41. The first-order valence-electron chi connectivity index (χ1n) is 4.70. The van der Waals surface area contributed by atoms with Crippen molar-refractivity contribution >= 4 is 6.20 Å². The number of allylic oxidation sites excluding steroid dienone is 1. The molecule has 0 saturated carbocycles. The third-order valence-corrected chi connectivity index (χ3v) is 1.86. The summed E-state index contributed by atoms with van der Waals surface area (Å²) in [6, 6.07) is 0. The van der Waals surface area contributed by atoms with Crippen LogP contribution >= 0.6 is 0 Å². The number of hydrogen-bond donors (Lipinski definition) is 1. The second-order valence-corrected chi connectivity index (χ2v) is 3.09. The molecule has 0 fully saturated rings. The van der Waals surface area contributed by atoms with E-state index in [1.807, 2.05) is 0 Å². The van der Waals surface area contributed by atoms with Crippen LogP contribution in [0.4, 0.5) is 0 Å². The summed E-state index contributed by atoms with van der Waals surface area (Å²) in [7, 11) is 0. The maximum absolute atomic E-state index is 9.46. The summed E-state index contributed by atoms with van der Waals surface area (Å²) in [6.07, 6.45) is 11.0. The quantitative estimate of drug-likeness (QED) is 0.559. The molecule has 0 amide bonds. The van der Waals surface area contributed by atoms with E-state index in [9.17, 15) is 5.11 Å². The van der Waals surface area contributed by atoms with Gasteiger partial charge < -0.3 is 9.67 Å². The average Bonchev–Trinajstić information content (AvgIpc) is 2.57. The highest BCUT2D eigenvalue weighted by atomic mass is 16.3. The molecule has 0 spiro atoms. The molecule has 13 heavy (non-hydrogen) atoms. The van der Waals surface area contributed by atoms with Crippen LogP contribution in [0.25, 0.3) is 6.20 Å². The Hall–Kier alpha value is -1.25. The highest BCUT2D eigenvalue weighted by Gasteiger charge is 1.93. The van der Waals surface area contributed by atoms with Crippen LogP contribution in [0.2, 0.25) is 0 Å². The minimum absolute atomic E-state index is 0.423. The van der Waals surface area contributed by atoms with Crippen LogP contribution in [0.5, 0.6) is 0 Å². The lowest BCUT2D eigenvalue weighted by Gasteiger charge is -1.99. The Balaban J connectivity index is 2.34. The number of unbranched alkanes of at least 4 members (excludes halogenated alkanes) is 2. The van der Waals surface area contributed by atoms with Gasteiger partial charge in [-0.2, -0.15) is 0 Å². The molecule has 0 radical (unpaired) electrons. The van der Waals surface area contributed by atoms with E-state index in [2.05, 4.69) is 11.9 Å². The van der Waals surface area contributed by atoms with Gasteiger partial charge in [0.2, 0.25) is 0 Å². The van der Waals surface area contributed by atoms with Crippen LogP contribution in [0.1, 0.15) is 32.6 Å². The van der Waals surface area contributed by atoms with Crippen molar-refractivity contribution in [1.29, 1.82) is 0 Å². The second-order valence-electron chi connectivity index (χ2n) is 3.09. The molecular formula is C10H16N2O. The van der Waals surface area contributed by atoms with Crippen LogP contribution in [-0.2, 0) is 0 Å². The molecule has 72 valence electrons. The zero-order valence-electron chi connectivity index (χ0n) is 7.98. The number of rotatable bonds is 5. The molecule has 0 aromatic carbocycles. The van der Waals surface area contributed by atoms with Crippen LogP contribution in [0, 0.1) is 0 Å². The summed E-state index contributed by atoms with van der Waals surface area (Å²) in [5.74, 6) is 0.423. The van der Waals surface area contributed by atoms with Crippen LogP contribution in [0.3, 0.4) is 0 Å². The lowest BCUT2D eigenvalue weighted by atomic mass is 10.2. The Morgan fingerprint density at radius 1 is 1.54 bits per heavy atom. The number of aliphatic hydroxyl groups is 1. The molecule has 1 aromatic heterocycles. The van der Waals surface area contributed by atoms with Crippen LogP contribution in [0.15, 0.2) is 24.5 Å². The highest BCUT2D eigenvalue weighted by Crippen LogP contribution is 2.06. The lowest BCUT2D eigenvalue weighted by molar-refractivity contribution is 0.384. The van der Waals surface area contributed by atoms with Gasteiger partial charge in [0.25, 0.3) is 0 Å². The van der Waals surface area contributed by atoms with Gasteiger partial charge in [-0.3, -0.25) is 0 Å². The monoisotopic (exact) mass is 180 g/mol. The van der Waals surface area contributed by atoms with Gasteiger partial charge in [-0.25, -0.2) is 4.98 Å². The smallest absolute Gasteiger partial charge is 0.109 e. The molecule has 0 bridgehead atoms. The molecule has 1 aromatic rings. The standard InChI is InChI=1S/C10H16N2O/c1-2-3-4-5-10(13)8-12-7-6-11-9-12/h6-9,13H,2-5H2,1H3. The summed E-state index contributed by atoms with van der Waals surface area (Å²) in [6.45, 7) is 2.15. The lowest BCUT2D eigenvalue weighted by Crippen LogP contribution is -1.87. The summed E-state index contributed by atoms with van der Waals surface area (Å²) in [5.41, 5.74) is 0. The Morgan fingerprint density at radius 2 is 2.38 bits per heavy atom. The van der Waals surface area contributed by atoms with E-state index in [-0.39, 0.29) is 0 Å². The largest absolute Gasteiger partial charge is 0.511 e. The number of aromatic nitrogens is 2. The predicted molar refractivity (Wildman–Crippen MR) is 53.3 cm³/mol. The Kier molecular flexibility index (Phi) is 4.09. The van der Waals surface area contributed by atoms with Crippen molar-refractivity contribution < 1.29 is 5.11 Å². The molecule has 1 heterocycles. The fourth-order valence-electron chi connectivity index (χ4n) is 1.14. The number of aliphatic hydroxyl groups excluding tert-OH is 1. The third-order valence-electron chi connectivity index (χ3n) is 1.86. The molecule has 0 aliphatic carbocycles. The molecule has 1 rings (SSSR count). The van der Waals surface area contributed by atoms with Crippen molar-refractivity contribution in [2.24, 2.45) is 0 Å². The van der Waals surface area contributed by atoms with E-state index in [1.54, 1.807) is 29.5 Å². The molecule has 0 aliphatic rings. The fourth-order valence-corrected chi connectivity index (χ4v) is 1.14. The van der Waals surface area contributed by atoms with Crippen molar-refractivity contribution in [3.8, 4) is 0 Å². The number of imidazole rings is 1. The van der Waals surface area contributed by atoms with Gasteiger partial charge in [-0.15, -0.1) is 0 Å². The molecule has 0 unspecified atom stereocenters. The summed E-state index contributed by atoms with van der Waals surface area (Å²) in [5, 5.41) is 9.46. The minimum atomic E-state index is 0.423. The molecule has 0 saturated heterocycles. The van der Waals surface area contributed by atoms with E-state index in [0.29, 0.717) is 5.76 Å². The Morgan fingerprint density at radius 3 is 3.00 bits per heavy atom. The van der Waals surface area contributed by atoms with E-state index in [4.69, 9.17) is 0 Å².